The van der Waals surface area contributed by atoms with Crippen LogP contribution in [0.2, 0.25) is 0 Å². The van der Waals surface area contributed by atoms with Gasteiger partial charge in [-0.2, -0.15) is 4.31 Å². The van der Waals surface area contributed by atoms with Gasteiger partial charge in [0, 0.05) is 19.1 Å². The first-order valence-corrected chi connectivity index (χ1v) is 11.0. The van der Waals surface area contributed by atoms with Gasteiger partial charge in [-0.25, -0.2) is 8.42 Å². The van der Waals surface area contributed by atoms with Crippen LogP contribution in [0.15, 0.2) is 53.4 Å². The minimum absolute atomic E-state index is 0.0243. The van der Waals surface area contributed by atoms with Crippen LogP contribution in [0.1, 0.15) is 44.2 Å². The molecule has 0 bridgehead atoms. The van der Waals surface area contributed by atoms with Crippen molar-refractivity contribution in [3.05, 3.63) is 54.1 Å². The summed E-state index contributed by atoms with van der Waals surface area (Å²) in [5.74, 6) is 0.632. The van der Waals surface area contributed by atoms with E-state index >= 15 is 0 Å². The molecule has 2 aromatic rings. The van der Waals surface area contributed by atoms with Crippen LogP contribution in [-0.2, 0) is 10.0 Å². The van der Waals surface area contributed by atoms with E-state index in [1.54, 1.807) is 29.6 Å². The predicted molar refractivity (Wildman–Crippen MR) is 109 cm³/mol. The van der Waals surface area contributed by atoms with Crippen molar-refractivity contribution in [1.82, 2.24) is 4.31 Å². The predicted octanol–water partition coefficient (Wildman–Crippen LogP) is 4.43. The molecule has 1 aliphatic rings. The van der Waals surface area contributed by atoms with E-state index in [0.29, 0.717) is 29.4 Å². The van der Waals surface area contributed by atoms with E-state index in [2.05, 4.69) is 5.32 Å². The normalized spacial score (nSPS) is 17.1. The molecule has 2 aromatic carbocycles. The molecule has 0 spiro atoms. The van der Waals surface area contributed by atoms with Crippen molar-refractivity contribution in [1.29, 1.82) is 0 Å². The molecule has 1 aliphatic heterocycles. The third-order valence-corrected chi connectivity index (χ3v) is 6.94. The average Bonchev–Trinajstić information content (AvgIpc) is 2.98. The zero-order chi connectivity index (χ0) is 19.3. The molecular formula is C21H28N2O3S. The van der Waals surface area contributed by atoms with Crippen molar-refractivity contribution in [2.45, 2.75) is 43.5 Å². The second-order valence-corrected chi connectivity index (χ2v) is 8.90. The van der Waals surface area contributed by atoms with Crippen LogP contribution in [-0.4, -0.2) is 32.9 Å². The minimum Gasteiger partial charge on any atom is -0.495 e. The van der Waals surface area contributed by atoms with Crippen LogP contribution in [0.25, 0.3) is 0 Å². The Hall–Kier alpha value is -2.05. The number of hydrogen-bond donors (Lipinski definition) is 1. The second kappa shape index (κ2) is 8.76. The average molecular weight is 389 g/mol. The monoisotopic (exact) mass is 388 g/mol. The molecule has 27 heavy (non-hydrogen) atoms. The SMILES string of the molecule is COc1ccc(S(=O)(=O)N2CCCCCC2)cc1N[C@@H](C)c1ccccc1. The molecule has 1 saturated heterocycles. The molecular weight excluding hydrogens is 360 g/mol. The van der Waals surface area contributed by atoms with Gasteiger partial charge in [0.25, 0.3) is 0 Å². The quantitative estimate of drug-likeness (QED) is 0.795. The molecule has 0 saturated carbocycles. The molecule has 1 heterocycles. The standard InChI is InChI=1S/C21H28N2O3S/c1-17(18-10-6-5-7-11-18)22-20-16-19(12-13-21(20)26-2)27(24,25)23-14-8-3-4-9-15-23/h5-7,10-13,16-17,22H,3-4,8-9,14-15H2,1-2H3/t17-/m0/s1. The van der Waals surface area contributed by atoms with E-state index in [0.717, 1.165) is 31.2 Å². The van der Waals surface area contributed by atoms with Gasteiger partial charge in [0.05, 0.1) is 17.7 Å². The lowest BCUT2D eigenvalue weighted by molar-refractivity contribution is 0.414. The maximum Gasteiger partial charge on any atom is 0.243 e. The second-order valence-electron chi connectivity index (χ2n) is 6.96. The van der Waals surface area contributed by atoms with E-state index in [9.17, 15) is 8.42 Å². The first-order chi connectivity index (χ1) is 13.0. The van der Waals surface area contributed by atoms with Crippen molar-refractivity contribution >= 4 is 15.7 Å². The van der Waals surface area contributed by atoms with Gasteiger partial charge in [0.15, 0.2) is 0 Å². The van der Waals surface area contributed by atoms with Gasteiger partial charge >= 0.3 is 0 Å². The lowest BCUT2D eigenvalue weighted by Gasteiger charge is -2.22. The molecule has 0 amide bonds. The molecule has 1 N–H and O–H groups in total. The summed E-state index contributed by atoms with van der Waals surface area (Å²) >= 11 is 0. The van der Waals surface area contributed by atoms with Gasteiger partial charge in [0.1, 0.15) is 5.75 Å². The van der Waals surface area contributed by atoms with Gasteiger partial charge in [-0.15, -0.1) is 0 Å². The molecule has 6 heteroatoms. The van der Waals surface area contributed by atoms with Crippen molar-refractivity contribution in [2.24, 2.45) is 0 Å². The third-order valence-electron chi connectivity index (χ3n) is 5.05. The molecule has 1 atom stereocenters. The molecule has 146 valence electrons. The Balaban J connectivity index is 1.88. The van der Waals surface area contributed by atoms with Crippen LogP contribution in [0.5, 0.6) is 5.75 Å². The summed E-state index contributed by atoms with van der Waals surface area (Å²) in [4.78, 5) is 0.313. The van der Waals surface area contributed by atoms with E-state index < -0.39 is 10.0 Å². The highest BCUT2D eigenvalue weighted by atomic mass is 32.2. The van der Waals surface area contributed by atoms with Crippen LogP contribution in [0.4, 0.5) is 5.69 Å². The fraction of sp³-hybridized carbons (Fsp3) is 0.429. The Bertz CT molecular complexity index is 845. The topological polar surface area (TPSA) is 58.6 Å². The zero-order valence-corrected chi connectivity index (χ0v) is 16.8. The van der Waals surface area contributed by atoms with Gasteiger partial charge in [-0.1, -0.05) is 43.2 Å². The Morgan fingerprint density at radius 3 is 2.30 bits per heavy atom. The minimum atomic E-state index is -3.50. The molecule has 0 aliphatic carbocycles. The first kappa shape index (κ1) is 19.7. The van der Waals surface area contributed by atoms with E-state index in [1.807, 2.05) is 37.3 Å². The Morgan fingerprint density at radius 2 is 1.67 bits per heavy atom. The maximum atomic E-state index is 13.1. The number of benzene rings is 2. The molecule has 5 nitrogen and oxygen atoms in total. The lowest BCUT2D eigenvalue weighted by atomic mass is 10.1. The lowest BCUT2D eigenvalue weighted by Crippen LogP contribution is -2.32. The summed E-state index contributed by atoms with van der Waals surface area (Å²) < 4.78 is 33.3. The highest BCUT2D eigenvalue weighted by molar-refractivity contribution is 7.89. The number of ether oxygens (including phenoxy) is 1. The summed E-state index contributed by atoms with van der Waals surface area (Å²) in [7, 11) is -1.90. The van der Waals surface area contributed by atoms with Gasteiger partial charge in [-0.05, 0) is 43.5 Å². The summed E-state index contributed by atoms with van der Waals surface area (Å²) in [5.41, 5.74) is 1.81. The third kappa shape index (κ3) is 4.62. The number of hydrogen-bond acceptors (Lipinski definition) is 4. The highest BCUT2D eigenvalue weighted by Crippen LogP contribution is 2.32. The Morgan fingerprint density at radius 1 is 1.00 bits per heavy atom. The Labute approximate surface area is 162 Å². The number of sulfonamides is 1. The summed E-state index contributed by atoms with van der Waals surface area (Å²) in [6, 6.07) is 15.1. The largest absolute Gasteiger partial charge is 0.495 e. The number of nitrogens with one attached hydrogen (secondary N) is 1. The number of rotatable bonds is 6. The van der Waals surface area contributed by atoms with Crippen LogP contribution < -0.4 is 10.1 Å². The van der Waals surface area contributed by atoms with Crippen LogP contribution in [0.3, 0.4) is 0 Å². The van der Waals surface area contributed by atoms with Gasteiger partial charge < -0.3 is 10.1 Å². The van der Waals surface area contributed by atoms with Crippen molar-refractivity contribution < 1.29 is 13.2 Å². The summed E-state index contributed by atoms with van der Waals surface area (Å²) in [5, 5.41) is 3.40. The number of anilines is 1. The fourth-order valence-corrected chi connectivity index (χ4v) is 4.99. The van der Waals surface area contributed by atoms with Gasteiger partial charge in [-0.3, -0.25) is 0 Å². The van der Waals surface area contributed by atoms with Gasteiger partial charge in [0.2, 0.25) is 10.0 Å². The molecule has 3 rings (SSSR count). The molecule has 0 unspecified atom stereocenters. The van der Waals surface area contributed by atoms with E-state index in [-0.39, 0.29) is 6.04 Å². The fourth-order valence-electron chi connectivity index (χ4n) is 3.45. The summed E-state index contributed by atoms with van der Waals surface area (Å²) in [6.45, 7) is 3.24. The molecule has 0 aromatic heterocycles. The number of nitrogens with zero attached hydrogens (tertiary/aromatic N) is 1. The smallest absolute Gasteiger partial charge is 0.243 e. The van der Waals surface area contributed by atoms with Crippen molar-refractivity contribution in [3.63, 3.8) is 0 Å². The van der Waals surface area contributed by atoms with Crippen LogP contribution >= 0.6 is 0 Å². The van der Waals surface area contributed by atoms with Crippen molar-refractivity contribution in [3.8, 4) is 5.75 Å². The number of methoxy groups -OCH3 is 1. The molecule has 0 radical (unpaired) electrons. The van der Waals surface area contributed by atoms with Crippen LogP contribution in [0, 0.1) is 0 Å². The highest BCUT2D eigenvalue weighted by Gasteiger charge is 2.26. The first-order valence-electron chi connectivity index (χ1n) is 9.52. The zero-order valence-electron chi connectivity index (χ0n) is 16.0. The van der Waals surface area contributed by atoms with E-state index in [1.165, 1.54) is 0 Å². The van der Waals surface area contributed by atoms with E-state index in [4.69, 9.17) is 4.74 Å². The van der Waals surface area contributed by atoms with Crippen molar-refractivity contribution in [2.75, 3.05) is 25.5 Å². The maximum absolute atomic E-state index is 13.1. The molecule has 1 fully saturated rings. The Kier molecular flexibility index (Phi) is 6.39. The summed E-state index contributed by atoms with van der Waals surface area (Å²) in [6.07, 6.45) is 4.03.